The molecule has 4 heterocycles. The summed E-state index contributed by atoms with van der Waals surface area (Å²) in [6.45, 7) is 2.76. The van der Waals surface area contributed by atoms with E-state index < -0.39 is 16.7 Å². The van der Waals surface area contributed by atoms with Gasteiger partial charge in [0, 0.05) is 31.4 Å². The Kier molecular flexibility index (Phi) is 3.89. The summed E-state index contributed by atoms with van der Waals surface area (Å²) in [5, 5.41) is 6.12. The number of aromatic nitrogens is 4. The van der Waals surface area contributed by atoms with Crippen LogP contribution in [0, 0.1) is 0 Å². The summed E-state index contributed by atoms with van der Waals surface area (Å²) in [5.41, 5.74) is -0.730. The van der Waals surface area contributed by atoms with Crippen molar-refractivity contribution in [3.8, 4) is 5.88 Å². The van der Waals surface area contributed by atoms with Crippen molar-refractivity contribution < 1.29 is 9.47 Å². The molecule has 1 saturated heterocycles. The van der Waals surface area contributed by atoms with Crippen molar-refractivity contribution >= 4 is 0 Å². The summed E-state index contributed by atoms with van der Waals surface area (Å²) in [7, 11) is 1.61. The molecule has 0 aliphatic carbocycles. The summed E-state index contributed by atoms with van der Waals surface area (Å²) in [6, 6.07) is 3.87. The lowest BCUT2D eigenvalue weighted by atomic mass is 10.0. The van der Waals surface area contributed by atoms with Gasteiger partial charge >= 0.3 is 11.1 Å². The van der Waals surface area contributed by atoms with E-state index >= 15 is 0 Å². The van der Waals surface area contributed by atoms with Gasteiger partial charge in [-0.1, -0.05) is 6.07 Å². The van der Waals surface area contributed by atoms with Crippen LogP contribution in [-0.4, -0.2) is 50.4 Å². The van der Waals surface area contributed by atoms with Crippen LogP contribution in [0.2, 0.25) is 0 Å². The number of H-pyrrole nitrogens is 1. The first kappa shape index (κ1) is 16.0. The Morgan fingerprint density at radius 2 is 2.28 bits per heavy atom. The van der Waals surface area contributed by atoms with E-state index in [9.17, 15) is 9.59 Å². The second kappa shape index (κ2) is 6.08. The molecule has 0 aromatic carbocycles. The maximum atomic E-state index is 12.1. The summed E-state index contributed by atoms with van der Waals surface area (Å²) in [4.78, 5) is 30.1. The lowest BCUT2D eigenvalue weighted by molar-refractivity contribution is -0.0853. The Morgan fingerprint density at radius 1 is 1.40 bits per heavy atom. The van der Waals surface area contributed by atoms with Crippen molar-refractivity contribution in [3.05, 3.63) is 50.4 Å². The highest BCUT2D eigenvalue weighted by atomic mass is 16.5. The zero-order valence-corrected chi connectivity index (χ0v) is 13.9. The molecular formula is C16H19N5O4. The van der Waals surface area contributed by atoms with Gasteiger partial charge in [-0.15, -0.1) is 0 Å². The maximum absolute atomic E-state index is 12.1. The number of hydrogen-bond acceptors (Lipinski definition) is 7. The third-order valence-corrected chi connectivity index (χ3v) is 4.82. The fourth-order valence-corrected chi connectivity index (χ4v) is 3.57. The third kappa shape index (κ3) is 2.85. The monoisotopic (exact) mass is 345 g/mol. The standard InChI is InChI=1S/C16H19N5O4/c1-24-14-11(3-2-5-17-14)7-20-6-4-16(9-20)10-21-12(8-25-16)18-19-13(22)15(21)23/h2-3,5H,4,6-10H2,1H3,(H,19,22). The minimum absolute atomic E-state index is 0.218. The summed E-state index contributed by atoms with van der Waals surface area (Å²) < 4.78 is 12.8. The minimum atomic E-state index is -0.698. The highest BCUT2D eigenvalue weighted by Crippen LogP contribution is 2.32. The van der Waals surface area contributed by atoms with Crippen LogP contribution >= 0.6 is 0 Å². The zero-order valence-electron chi connectivity index (χ0n) is 13.9. The van der Waals surface area contributed by atoms with Crippen LogP contribution in [0.1, 0.15) is 17.8 Å². The van der Waals surface area contributed by atoms with Crippen molar-refractivity contribution in [1.82, 2.24) is 24.6 Å². The van der Waals surface area contributed by atoms with E-state index in [4.69, 9.17) is 9.47 Å². The molecule has 4 rings (SSSR count). The molecule has 2 aromatic heterocycles. The van der Waals surface area contributed by atoms with Gasteiger partial charge in [0.2, 0.25) is 5.88 Å². The predicted octanol–water partition coefficient (Wildman–Crippen LogP) is -0.490. The van der Waals surface area contributed by atoms with E-state index in [0.29, 0.717) is 31.3 Å². The fraction of sp³-hybridized carbons (Fsp3) is 0.500. The van der Waals surface area contributed by atoms with Gasteiger partial charge in [-0.3, -0.25) is 19.1 Å². The molecule has 0 saturated carbocycles. The molecule has 1 N–H and O–H groups in total. The molecule has 1 atom stereocenters. The van der Waals surface area contributed by atoms with Crippen molar-refractivity contribution in [2.45, 2.75) is 31.7 Å². The number of likely N-dealkylation sites (tertiary alicyclic amines) is 1. The number of nitrogens with one attached hydrogen (secondary N) is 1. The number of aromatic amines is 1. The summed E-state index contributed by atoms with van der Waals surface area (Å²) in [6.07, 6.45) is 2.49. The Balaban J connectivity index is 1.53. The first-order valence-electron chi connectivity index (χ1n) is 8.13. The molecule has 2 aromatic rings. The van der Waals surface area contributed by atoms with Crippen LogP contribution in [0.15, 0.2) is 27.9 Å². The third-order valence-electron chi connectivity index (χ3n) is 4.82. The molecule has 2 aliphatic rings. The van der Waals surface area contributed by atoms with Crippen LogP contribution in [0.4, 0.5) is 0 Å². The van der Waals surface area contributed by atoms with Crippen molar-refractivity contribution in [2.75, 3.05) is 20.2 Å². The molecule has 132 valence electrons. The Hall–Kier alpha value is -2.52. The number of pyridine rings is 1. The minimum Gasteiger partial charge on any atom is -0.481 e. The van der Waals surface area contributed by atoms with Gasteiger partial charge in [0.25, 0.3) is 0 Å². The van der Waals surface area contributed by atoms with E-state index in [1.54, 1.807) is 13.3 Å². The van der Waals surface area contributed by atoms with E-state index in [0.717, 1.165) is 18.5 Å². The van der Waals surface area contributed by atoms with Crippen LogP contribution in [0.25, 0.3) is 0 Å². The SMILES string of the molecule is COc1ncccc1CN1CCC2(C1)Cn1c(n[nH]c(=O)c1=O)CO2. The topological polar surface area (TPSA) is 102 Å². The molecule has 1 unspecified atom stereocenters. The molecule has 9 nitrogen and oxygen atoms in total. The number of nitrogens with zero attached hydrogens (tertiary/aromatic N) is 4. The highest BCUT2D eigenvalue weighted by molar-refractivity contribution is 5.25. The number of rotatable bonds is 3. The number of hydrogen-bond donors (Lipinski definition) is 1. The number of fused-ring (bicyclic) bond motifs is 1. The molecule has 0 amide bonds. The van der Waals surface area contributed by atoms with Crippen LogP contribution in [-0.2, 0) is 24.4 Å². The zero-order chi connectivity index (χ0) is 17.4. The van der Waals surface area contributed by atoms with Crippen LogP contribution in [0.5, 0.6) is 5.88 Å². The van der Waals surface area contributed by atoms with Gasteiger partial charge in [-0.25, -0.2) is 10.1 Å². The Labute approximate surface area is 143 Å². The van der Waals surface area contributed by atoms with Crippen molar-refractivity contribution in [1.29, 1.82) is 0 Å². The second-order valence-corrected chi connectivity index (χ2v) is 6.46. The lowest BCUT2D eigenvalue weighted by Crippen LogP contribution is -2.51. The fourth-order valence-electron chi connectivity index (χ4n) is 3.57. The van der Waals surface area contributed by atoms with E-state index in [2.05, 4.69) is 20.1 Å². The highest BCUT2D eigenvalue weighted by Gasteiger charge is 2.43. The van der Waals surface area contributed by atoms with Gasteiger partial charge in [0.1, 0.15) is 12.2 Å². The largest absolute Gasteiger partial charge is 0.481 e. The molecule has 9 heteroatoms. The van der Waals surface area contributed by atoms with Crippen molar-refractivity contribution in [2.24, 2.45) is 0 Å². The molecule has 0 bridgehead atoms. The first-order valence-corrected chi connectivity index (χ1v) is 8.13. The molecule has 2 aliphatic heterocycles. The van der Waals surface area contributed by atoms with E-state index in [-0.39, 0.29) is 6.61 Å². The molecule has 0 radical (unpaired) electrons. The number of methoxy groups -OCH3 is 1. The maximum Gasteiger partial charge on any atom is 0.330 e. The van der Waals surface area contributed by atoms with Gasteiger partial charge in [-0.2, -0.15) is 5.10 Å². The average molecular weight is 345 g/mol. The van der Waals surface area contributed by atoms with Crippen molar-refractivity contribution in [3.63, 3.8) is 0 Å². The van der Waals surface area contributed by atoms with E-state index in [1.165, 1.54) is 4.57 Å². The van der Waals surface area contributed by atoms with Crippen LogP contribution in [0.3, 0.4) is 0 Å². The van der Waals surface area contributed by atoms with E-state index in [1.807, 2.05) is 12.1 Å². The quantitative estimate of drug-likeness (QED) is 0.749. The predicted molar refractivity (Wildman–Crippen MR) is 87.3 cm³/mol. The van der Waals surface area contributed by atoms with Crippen LogP contribution < -0.4 is 15.9 Å². The molecule has 25 heavy (non-hydrogen) atoms. The molecular weight excluding hydrogens is 326 g/mol. The first-order chi connectivity index (χ1) is 12.1. The lowest BCUT2D eigenvalue weighted by Gasteiger charge is -2.34. The summed E-state index contributed by atoms with van der Waals surface area (Å²) in [5.74, 6) is 1.08. The normalized spacial score (nSPS) is 22.9. The Morgan fingerprint density at radius 3 is 3.12 bits per heavy atom. The van der Waals surface area contributed by atoms with Gasteiger partial charge < -0.3 is 9.47 Å². The smallest absolute Gasteiger partial charge is 0.330 e. The second-order valence-electron chi connectivity index (χ2n) is 6.46. The van der Waals surface area contributed by atoms with Gasteiger partial charge in [0.05, 0.1) is 13.7 Å². The average Bonchev–Trinajstić information content (AvgIpc) is 3.01. The van der Waals surface area contributed by atoms with Gasteiger partial charge in [0.15, 0.2) is 5.82 Å². The molecule has 1 spiro atoms. The summed E-state index contributed by atoms with van der Waals surface area (Å²) >= 11 is 0. The molecule has 1 fully saturated rings. The van der Waals surface area contributed by atoms with Gasteiger partial charge in [-0.05, 0) is 12.5 Å². The Bertz CT molecular complexity index is 908. The number of ether oxygens (including phenoxy) is 2.